The molecule has 0 heterocycles. The fraction of sp³-hybridized carbons (Fsp3) is 0.562. The van der Waals surface area contributed by atoms with Gasteiger partial charge in [-0.1, -0.05) is 12.1 Å². The van der Waals surface area contributed by atoms with Crippen LogP contribution in [0.1, 0.15) is 41.6 Å². The van der Waals surface area contributed by atoms with E-state index in [-0.39, 0.29) is 17.8 Å². The van der Waals surface area contributed by atoms with E-state index in [0.717, 1.165) is 18.8 Å². The van der Waals surface area contributed by atoms with Crippen LogP contribution in [0, 0.1) is 11.8 Å². The van der Waals surface area contributed by atoms with Gasteiger partial charge in [-0.2, -0.15) is 0 Å². The minimum atomic E-state index is -3.10. The Morgan fingerprint density at radius 2 is 2.10 bits per heavy atom. The topological polar surface area (TPSA) is 60.4 Å². The zero-order chi connectivity index (χ0) is 15.0. The van der Waals surface area contributed by atoms with E-state index in [4.69, 9.17) is 4.74 Å². The second kappa shape index (κ2) is 5.44. The first kappa shape index (κ1) is 14.6. The van der Waals surface area contributed by atoms with Crippen LogP contribution in [0.25, 0.3) is 0 Å². The third-order valence-corrected chi connectivity index (χ3v) is 5.38. The molecule has 0 amide bonds. The van der Waals surface area contributed by atoms with Gasteiger partial charge in [0, 0.05) is 6.26 Å². The Bertz CT molecular complexity index is 650. The molecule has 1 aromatic rings. The average Bonchev–Trinajstić information content (AvgIpc) is 2.99. The summed E-state index contributed by atoms with van der Waals surface area (Å²) in [5, 5.41) is 0. The SMILES string of the molecule is CS(=O)(=O)Cc1cccc(C(=O)OC2CC3CCC2C3)c1. The van der Waals surface area contributed by atoms with E-state index < -0.39 is 9.84 Å². The van der Waals surface area contributed by atoms with Crippen molar-refractivity contribution in [2.24, 2.45) is 11.8 Å². The highest BCUT2D eigenvalue weighted by Crippen LogP contribution is 2.46. The molecule has 0 spiro atoms. The van der Waals surface area contributed by atoms with E-state index >= 15 is 0 Å². The molecule has 0 radical (unpaired) electrons. The normalized spacial score (nSPS) is 27.8. The quantitative estimate of drug-likeness (QED) is 0.802. The van der Waals surface area contributed by atoms with Gasteiger partial charge in [-0.25, -0.2) is 13.2 Å². The van der Waals surface area contributed by atoms with Crippen molar-refractivity contribution < 1.29 is 17.9 Å². The summed E-state index contributed by atoms with van der Waals surface area (Å²) in [4.78, 5) is 12.2. The summed E-state index contributed by atoms with van der Waals surface area (Å²) in [6.07, 6.45) is 5.84. The highest BCUT2D eigenvalue weighted by Gasteiger charge is 2.41. The Hall–Kier alpha value is -1.36. The fourth-order valence-electron chi connectivity index (χ4n) is 3.63. The second-order valence-corrected chi connectivity index (χ2v) is 8.53. The Kier molecular flexibility index (Phi) is 3.78. The maximum Gasteiger partial charge on any atom is 0.338 e. The maximum absolute atomic E-state index is 12.2. The summed E-state index contributed by atoms with van der Waals surface area (Å²) in [6.45, 7) is 0. The lowest BCUT2D eigenvalue weighted by Crippen LogP contribution is -2.24. The van der Waals surface area contributed by atoms with Gasteiger partial charge in [-0.3, -0.25) is 0 Å². The van der Waals surface area contributed by atoms with Crippen molar-refractivity contribution in [2.45, 2.75) is 37.5 Å². The molecule has 3 atom stereocenters. The maximum atomic E-state index is 12.2. The van der Waals surface area contributed by atoms with E-state index in [1.165, 1.54) is 19.1 Å². The molecule has 0 aromatic heterocycles. The fourth-order valence-corrected chi connectivity index (χ4v) is 4.41. The number of ether oxygens (including phenoxy) is 1. The van der Waals surface area contributed by atoms with E-state index in [2.05, 4.69) is 0 Å². The Morgan fingerprint density at radius 3 is 2.71 bits per heavy atom. The molecule has 1 aromatic carbocycles. The lowest BCUT2D eigenvalue weighted by molar-refractivity contribution is 0.0158. The smallest absolute Gasteiger partial charge is 0.338 e. The second-order valence-electron chi connectivity index (χ2n) is 6.39. The van der Waals surface area contributed by atoms with Gasteiger partial charge in [-0.15, -0.1) is 0 Å². The van der Waals surface area contributed by atoms with Crippen LogP contribution >= 0.6 is 0 Å². The van der Waals surface area contributed by atoms with Crippen molar-refractivity contribution in [3.05, 3.63) is 35.4 Å². The Balaban J connectivity index is 1.68. The van der Waals surface area contributed by atoms with E-state index in [1.54, 1.807) is 24.3 Å². The highest BCUT2D eigenvalue weighted by molar-refractivity contribution is 7.89. The molecule has 3 rings (SSSR count). The summed E-state index contributed by atoms with van der Waals surface area (Å²) in [7, 11) is -3.10. The number of hydrogen-bond acceptors (Lipinski definition) is 4. The number of fused-ring (bicyclic) bond motifs is 2. The van der Waals surface area contributed by atoms with Crippen LogP contribution in [0.2, 0.25) is 0 Å². The van der Waals surface area contributed by atoms with Crippen molar-refractivity contribution in [1.29, 1.82) is 0 Å². The number of hydrogen-bond donors (Lipinski definition) is 0. The van der Waals surface area contributed by atoms with Crippen LogP contribution in [0.15, 0.2) is 24.3 Å². The van der Waals surface area contributed by atoms with E-state index in [0.29, 0.717) is 17.0 Å². The first-order valence-electron chi connectivity index (χ1n) is 7.38. The van der Waals surface area contributed by atoms with Crippen LogP contribution in [0.5, 0.6) is 0 Å². The summed E-state index contributed by atoms with van der Waals surface area (Å²) in [5.74, 6) is 0.868. The number of carbonyl (C=O) groups is 1. The minimum absolute atomic E-state index is 0.0508. The van der Waals surface area contributed by atoms with Gasteiger partial charge in [0.15, 0.2) is 9.84 Å². The minimum Gasteiger partial charge on any atom is -0.458 e. The Labute approximate surface area is 125 Å². The van der Waals surface area contributed by atoms with Gasteiger partial charge in [0.05, 0.1) is 11.3 Å². The number of carbonyl (C=O) groups excluding carboxylic acids is 1. The van der Waals surface area contributed by atoms with Gasteiger partial charge in [-0.05, 0) is 55.2 Å². The van der Waals surface area contributed by atoms with Gasteiger partial charge >= 0.3 is 5.97 Å². The molecule has 0 aliphatic heterocycles. The van der Waals surface area contributed by atoms with Gasteiger partial charge in [0.25, 0.3) is 0 Å². The number of sulfone groups is 1. The summed E-state index contributed by atoms with van der Waals surface area (Å²) >= 11 is 0. The number of rotatable bonds is 4. The molecule has 2 fully saturated rings. The van der Waals surface area contributed by atoms with Crippen molar-refractivity contribution in [1.82, 2.24) is 0 Å². The molecule has 114 valence electrons. The molecular formula is C16H20O4S. The zero-order valence-corrected chi connectivity index (χ0v) is 12.9. The molecular weight excluding hydrogens is 288 g/mol. The van der Waals surface area contributed by atoms with E-state index in [9.17, 15) is 13.2 Å². The van der Waals surface area contributed by atoms with Gasteiger partial charge < -0.3 is 4.74 Å². The lowest BCUT2D eigenvalue weighted by Gasteiger charge is -2.22. The molecule has 0 N–H and O–H groups in total. The molecule has 2 aliphatic rings. The third kappa shape index (κ3) is 3.46. The molecule has 2 aliphatic carbocycles. The van der Waals surface area contributed by atoms with Crippen molar-refractivity contribution in [2.75, 3.05) is 6.26 Å². The van der Waals surface area contributed by atoms with Gasteiger partial charge in [0.2, 0.25) is 0 Å². The first-order valence-corrected chi connectivity index (χ1v) is 9.44. The summed E-state index contributed by atoms with van der Waals surface area (Å²) < 4.78 is 28.3. The predicted molar refractivity (Wildman–Crippen MR) is 79.6 cm³/mol. The van der Waals surface area contributed by atoms with Crippen molar-refractivity contribution in [3.63, 3.8) is 0 Å². The standard InChI is InChI=1S/C16H20O4S/c1-21(18,19)10-12-3-2-4-14(8-12)16(17)20-15-9-11-5-6-13(15)7-11/h2-4,8,11,13,15H,5-7,9-10H2,1H3. The highest BCUT2D eigenvalue weighted by atomic mass is 32.2. The summed E-state index contributed by atoms with van der Waals surface area (Å²) in [5.41, 5.74) is 1.07. The molecule has 2 saturated carbocycles. The monoisotopic (exact) mass is 308 g/mol. The molecule has 3 unspecified atom stereocenters. The van der Waals surface area contributed by atoms with Gasteiger partial charge in [0.1, 0.15) is 6.10 Å². The number of benzene rings is 1. The van der Waals surface area contributed by atoms with Crippen LogP contribution in [0.4, 0.5) is 0 Å². The average molecular weight is 308 g/mol. The van der Waals surface area contributed by atoms with Crippen molar-refractivity contribution in [3.8, 4) is 0 Å². The number of esters is 1. The zero-order valence-electron chi connectivity index (χ0n) is 12.1. The molecule has 21 heavy (non-hydrogen) atoms. The largest absolute Gasteiger partial charge is 0.458 e. The Morgan fingerprint density at radius 1 is 1.29 bits per heavy atom. The molecule has 4 nitrogen and oxygen atoms in total. The van der Waals surface area contributed by atoms with E-state index in [1.807, 2.05) is 0 Å². The predicted octanol–water partition coefficient (Wildman–Crippen LogP) is 2.58. The molecule has 5 heteroatoms. The van der Waals surface area contributed by atoms with Crippen LogP contribution in [0.3, 0.4) is 0 Å². The van der Waals surface area contributed by atoms with Crippen molar-refractivity contribution >= 4 is 15.8 Å². The van der Waals surface area contributed by atoms with Crippen LogP contribution < -0.4 is 0 Å². The summed E-state index contributed by atoms with van der Waals surface area (Å²) in [6, 6.07) is 6.73. The van der Waals surface area contributed by atoms with Crippen LogP contribution in [-0.4, -0.2) is 26.7 Å². The lowest BCUT2D eigenvalue weighted by atomic mass is 9.98. The molecule has 0 saturated heterocycles. The first-order chi connectivity index (χ1) is 9.90. The molecule has 2 bridgehead atoms. The van der Waals surface area contributed by atoms with Crippen LogP contribution in [-0.2, 0) is 20.3 Å². The third-order valence-electron chi connectivity index (χ3n) is 4.52.